The Bertz CT molecular complexity index is 1070. The highest BCUT2D eigenvalue weighted by atomic mass is 19.4. The van der Waals surface area contributed by atoms with Crippen molar-refractivity contribution in [3.05, 3.63) is 59.7 Å². The number of rotatable bonds is 7. The first-order valence-corrected chi connectivity index (χ1v) is 10.9. The largest absolute Gasteiger partial charge is 0.435 e. The summed E-state index contributed by atoms with van der Waals surface area (Å²) >= 11 is 0. The van der Waals surface area contributed by atoms with Gasteiger partial charge in [-0.05, 0) is 54.7 Å². The Morgan fingerprint density at radius 2 is 1.71 bits per heavy atom. The number of carbonyl (C=O) groups excluding carboxylic acids is 2. The van der Waals surface area contributed by atoms with E-state index in [1.54, 1.807) is 0 Å². The van der Waals surface area contributed by atoms with Gasteiger partial charge < -0.3 is 10.1 Å². The highest BCUT2D eigenvalue weighted by Gasteiger charge is 2.36. The van der Waals surface area contributed by atoms with E-state index in [1.807, 2.05) is 5.92 Å². The van der Waals surface area contributed by atoms with Crippen molar-refractivity contribution < 1.29 is 36.3 Å². The summed E-state index contributed by atoms with van der Waals surface area (Å²) in [6.45, 7) is -3.07. The van der Waals surface area contributed by atoms with Gasteiger partial charge in [0, 0.05) is 11.7 Å². The van der Waals surface area contributed by atoms with Crippen LogP contribution in [0.25, 0.3) is 0 Å². The minimum absolute atomic E-state index is 0.154. The molecule has 0 heterocycles. The molecule has 1 aliphatic carbocycles. The van der Waals surface area contributed by atoms with Gasteiger partial charge in [0.15, 0.2) is 0 Å². The first-order valence-electron chi connectivity index (χ1n) is 10.9. The Morgan fingerprint density at radius 3 is 2.29 bits per heavy atom. The van der Waals surface area contributed by atoms with Crippen molar-refractivity contribution in [3.8, 4) is 18.1 Å². The number of hydrogen-bond acceptors (Lipinski definition) is 3. The second kappa shape index (κ2) is 11.2. The number of ether oxygens (including phenoxy) is 1. The van der Waals surface area contributed by atoms with Gasteiger partial charge in [-0.2, -0.15) is 22.0 Å². The Balaban J connectivity index is 2.07. The number of nitrogens with zero attached hydrogens (tertiary/aromatic N) is 1. The van der Waals surface area contributed by atoms with Gasteiger partial charge in [0.2, 0.25) is 5.91 Å². The lowest BCUT2D eigenvalue weighted by Crippen LogP contribution is -2.47. The molecule has 1 saturated carbocycles. The minimum Gasteiger partial charge on any atom is -0.435 e. The van der Waals surface area contributed by atoms with Crippen molar-refractivity contribution in [1.82, 2.24) is 5.32 Å². The summed E-state index contributed by atoms with van der Waals surface area (Å²) in [5.74, 6) is -0.0139. The zero-order chi connectivity index (χ0) is 25.6. The summed E-state index contributed by atoms with van der Waals surface area (Å²) < 4.78 is 69.5. The van der Waals surface area contributed by atoms with E-state index >= 15 is 0 Å². The van der Waals surface area contributed by atoms with Crippen LogP contribution in [0.15, 0.2) is 48.5 Å². The van der Waals surface area contributed by atoms with Crippen LogP contribution in [0.2, 0.25) is 0 Å². The molecule has 35 heavy (non-hydrogen) atoms. The first-order chi connectivity index (χ1) is 16.6. The third kappa shape index (κ3) is 6.72. The second-order valence-electron chi connectivity index (χ2n) is 8.06. The number of terminal acetylenes is 1. The minimum atomic E-state index is -4.70. The Hall–Kier alpha value is -3.61. The van der Waals surface area contributed by atoms with E-state index in [4.69, 9.17) is 6.42 Å². The van der Waals surface area contributed by atoms with Crippen molar-refractivity contribution in [1.29, 1.82) is 0 Å². The number of anilines is 1. The summed E-state index contributed by atoms with van der Waals surface area (Å²) in [7, 11) is 0. The molecule has 186 valence electrons. The molecule has 0 aliphatic heterocycles. The lowest BCUT2D eigenvalue weighted by molar-refractivity contribution is -0.137. The van der Waals surface area contributed by atoms with E-state index in [1.165, 1.54) is 30.3 Å². The molecule has 10 heteroatoms. The number of hydrogen-bond donors (Lipinski definition) is 1. The standard InChI is InChI=1S/C25H23F5N2O3/c1-2-21(33)32(19-10-6-7-17(15-19)25(28,29)30)22(23(34)31-18-8-4-3-5-9-18)16-11-13-20(14-12-16)35-24(26)27/h1,6-7,10-15,18,22,24H,3-5,8-9H2,(H,31,34). The van der Waals surface area contributed by atoms with E-state index < -0.39 is 36.2 Å². The van der Waals surface area contributed by atoms with Gasteiger partial charge in [0.1, 0.15) is 11.8 Å². The first kappa shape index (κ1) is 26.0. The maximum atomic E-state index is 13.4. The predicted molar refractivity (Wildman–Crippen MR) is 119 cm³/mol. The van der Waals surface area contributed by atoms with Gasteiger partial charge in [-0.1, -0.05) is 37.5 Å². The van der Waals surface area contributed by atoms with Crippen molar-refractivity contribution >= 4 is 17.5 Å². The van der Waals surface area contributed by atoms with E-state index in [0.29, 0.717) is 12.8 Å². The molecule has 2 aromatic carbocycles. The molecule has 5 nitrogen and oxygen atoms in total. The average molecular weight is 494 g/mol. The van der Waals surface area contributed by atoms with Crippen LogP contribution in [-0.2, 0) is 15.8 Å². The van der Waals surface area contributed by atoms with Crippen LogP contribution in [0.3, 0.4) is 0 Å². The van der Waals surface area contributed by atoms with Crippen molar-refractivity contribution in [2.75, 3.05) is 4.90 Å². The van der Waals surface area contributed by atoms with Gasteiger partial charge in [-0.3, -0.25) is 14.5 Å². The van der Waals surface area contributed by atoms with E-state index in [9.17, 15) is 31.5 Å². The summed E-state index contributed by atoms with van der Waals surface area (Å²) in [5, 5.41) is 2.86. The van der Waals surface area contributed by atoms with Gasteiger partial charge in [-0.25, -0.2) is 0 Å². The van der Waals surface area contributed by atoms with Crippen LogP contribution in [0.4, 0.5) is 27.6 Å². The predicted octanol–water partition coefficient (Wildman–Crippen LogP) is 5.46. The van der Waals surface area contributed by atoms with Gasteiger partial charge in [0.25, 0.3) is 0 Å². The normalized spacial score (nSPS) is 15.2. The van der Waals surface area contributed by atoms with Crippen LogP contribution in [0.5, 0.6) is 5.75 Å². The highest BCUT2D eigenvalue weighted by molar-refractivity contribution is 6.09. The molecule has 1 atom stereocenters. The third-order valence-electron chi connectivity index (χ3n) is 5.67. The van der Waals surface area contributed by atoms with Crippen molar-refractivity contribution in [3.63, 3.8) is 0 Å². The summed E-state index contributed by atoms with van der Waals surface area (Å²) in [5.41, 5.74) is -1.11. The quantitative estimate of drug-likeness (QED) is 0.411. The van der Waals surface area contributed by atoms with E-state index in [0.717, 1.165) is 42.4 Å². The summed E-state index contributed by atoms with van der Waals surface area (Å²) in [6, 6.07) is 7.18. The third-order valence-corrected chi connectivity index (χ3v) is 5.67. The SMILES string of the molecule is C#CC(=O)N(c1cccc(C(F)(F)F)c1)C(C(=O)NC1CCCCC1)c1ccc(OC(F)F)cc1. The lowest BCUT2D eigenvalue weighted by Gasteiger charge is -2.32. The average Bonchev–Trinajstić information content (AvgIpc) is 2.82. The van der Waals surface area contributed by atoms with Gasteiger partial charge in [0.05, 0.1) is 5.56 Å². The van der Waals surface area contributed by atoms with Gasteiger partial charge >= 0.3 is 18.7 Å². The zero-order valence-corrected chi connectivity index (χ0v) is 18.5. The molecular formula is C25H23F5N2O3. The van der Waals surface area contributed by atoms with Crippen LogP contribution in [0.1, 0.15) is 49.3 Å². The fraction of sp³-hybridized carbons (Fsp3) is 0.360. The molecule has 2 amide bonds. The van der Waals surface area contributed by atoms with Crippen molar-refractivity contribution in [2.45, 2.75) is 57.0 Å². The molecule has 0 radical (unpaired) electrons. The fourth-order valence-electron chi connectivity index (χ4n) is 4.06. The zero-order valence-electron chi connectivity index (χ0n) is 18.5. The molecular weight excluding hydrogens is 471 g/mol. The maximum Gasteiger partial charge on any atom is 0.416 e. The molecule has 1 N–H and O–H groups in total. The van der Waals surface area contributed by atoms with Gasteiger partial charge in [-0.15, -0.1) is 6.42 Å². The second-order valence-corrected chi connectivity index (χ2v) is 8.06. The highest BCUT2D eigenvalue weighted by Crippen LogP contribution is 2.35. The van der Waals surface area contributed by atoms with Crippen molar-refractivity contribution in [2.24, 2.45) is 0 Å². The molecule has 0 spiro atoms. The van der Waals surface area contributed by atoms with Crippen LogP contribution in [0, 0.1) is 12.3 Å². The molecule has 1 unspecified atom stereocenters. The monoisotopic (exact) mass is 494 g/mol. The van der Waals surface area contributed by atoms with Crippen LogP contribution >= 0.6 is 0 Å². The fourth-order valence-corrected chi connectivity index (χ4v) is 4.06. The lowest BCUT2D eigenvalue weighted by atomic mass is 9.94. The Labute approximate surface area is 199 Å². The van der Waals surface area contributed by atoms with Crippen LogP contribution < -0.4 is 15.0 Å². The smallest absolute Gasteiger partial charge is 0.416 e. The van der Waals surface area contributed by atoms with E-state index in [-0.39, 0.29) is 23.0 Å². The molecule has 0 saturated heterocycles. The van der Waals surface area contributed by atoms with E-state index in [2.05, 4.69) is 10.1 Å². The maximum absolute atomic E-state index is 13.4. The molecule has 0 aromatic heterocycles. The molecule has 1 fully saturated rings. The number of alkyl halides is 5. The number of halogens is 5. The molecule has 2 aromatic rings. The molecule has 1 aliphatic rings. The topological polar surface area (TPSA) is 58.6 Å². The summed E-state index contributed by atoms with van der Waals surface area (Å²) in [6.07, 6.45) is 4.86. The Morgan fingerprint density at radius 1 is 1.06 bits per heavy atom. The number of carbonyl (C=O) groups is 2. The molecule has 0 bridgehead atoms. The Kier molecular flexibility index (Phi) is 8.33. The van der Waals surface area contributed by atoms with Crippen LogP contribution in [-0.4, -0.2) is 24.5 Å². The number of benzene rings is 2. The number of amides is 2. The summed E-state index contributed by atoms with van der Waals surface area (Å²) in [4.78, 5) is 27.0. The molecule has 3 rings (SSSR count). The number of nitrogens with one attached hydrogen (secondary N) is 1.